The van der Waals surface area contributed by atoms with Crippen molar-refractivity contribution in [2.24, 2.45) is 0 Å². The van der Waals surface area contributed by atoms with Crippen LogP contribution < -0.4 is 5.32 Å². The fourth-order valence-corrected chi connectivity index (χ4v) is 3.09. The monoisotopic (exact) mass is 269 g/mol. The lowest BCUT2D eigenvalue weighted by Gasteiger charge is -2.17. The zero-order valence-corrected chi connectivity index (χ0v) is 12.2. The van der Waals surface area contributed by atoms with Crippen LogP contribution in [0.25, 0.3) is 0 Å². The molecule has 1 heterocycles. The predicted octanol–water partition coefficient (Wildman–Crippen LogP) is 4.05. The van der Waals surface area contributed by atoms with Gasteiger partial charge in [0.15, 0.2) is 0 Å². The van der Waals surface area contributed by atoms with Gasteiger partial charge in [-0.15, -0.1) is 0 Å². The molecule has 2 heteroatoms. The number of hydrogen-bond donors (Lipinski definition) is 1. The highest BCUT2D eigenvalue weighted by atomic mass is 16.3. The molecule has 0 spiro atoms. The Balaban J connectivity index is 1.75. The second kappa shape index (κ2) is 6.27. The zero-order chi connectivity index (χ0) is 13.8. The summed E-state index contributed by atoms with van der Waals surface area (Å²) in [6.07, 6.45) is 9.64. The Hall–Kier alpha value is -1.54. The van der Waals surface area contributed by atoms with Crippen LogP contribution in [-0.4, -0.2) is 6.54 Å². The van der Waals surface area contributed by atoms with E-state index in [1.165, 1.54) is 30.4 Å². The van der Waals surface area contributed by atoms with E-state index >= 15 is 0 Å². The molecule has 1 N–H and O–H groups in total. The van der Waals surface area contributed by atoms with Crippen LogP contribution in [0.2, 0.25) is 0 Å². The number of benzene rings is 1. The highest BCUT2D eigenvalue weighted by molar-refractivity contribution is 5.36. The standard InChI is InChI=1S/C18H23NO/c1-2-9-19-18(17-8-10-20-13-17)12-14-6-7-15-4-3-5-16(15)11-14/h6-8,10-11,13,18-19H,2-5,9,12H2,1H3. The van der Waals surface area contributed by atoms with Crippen LogP contribution >= 0.6 is 0 Å². The van der Waals surface area contributed by atoms with E-state index in [1.807, 2.05) is 6.26 Å². The first kappa shape index (κ1) is 13.4. The molecular weight excluding hydrogens is 246 g/mol. The van der Waals surface area contributed by atoms with Gasteiger partial charge in [0.25, 0.3) is 0 Å². The number of furan rings is 1. The van der Waals surface area contributed by atoms with E-state index in [1.54, 1.807) is 17.4 Å². The van der Waals surface area contributed by atoms with E-state index in [-0.39, 0.29) is 0 Å². The Morgan fingerprint density at radius 2 is 2.10 bits per heavy atom. The maximum absolute atomic E-state index is 5.25. The average molecular weight is 269 g/mol. The first-order chi connectivity index (χ1) is 9.86. The van der Waals surface area contributed by atoms with Gasteiger partial charge in [-0.2, -0.15) is 0 Å². The normalized spacial score (nSPS) is 15.2. The fraction of sp³-hybridized carbons (Fsp3) is 0.444. The van der Waals surface area contributed by atoms with Gasteiger partial charge < -0.3 is 9.73 Å². The van der Waals surface area contributed by atoms with Crippen LogP contribution in [0.5, 0.6) is 0 Å². The first-order valence-corrected chi connectivity index (χ1v) is 7.73. The van der Waals surface area contributed by atoms with Gasteiger partial charge >= 0.3 is 0 Å². The number of hydrogen-bond acceptors (Lipinski definition) is 2. The number of nitrogens with one attached hydrogen (secondary N) is 1. The summed E-state index contributed by atoms with van der Waals surface area (Å²) in [6, 6.07) is 9.45. The van der Waals surface area contributed by atoms with Crippen molar-refractivity contribution in [2.45, 2.75) is 45.1 Å². The zero-order valence-electron chi connectivity index (χ0n) is 12.2. The lowest BCUT2D eigenvalue weighted by atomic mass is 9.98. The van der Waals surface area contributed by atoms with Crippen LogP contribution in [0.15, 0.2) is 41.2 Å². The van der Waals surface area contributed by atoms with Crippen LogP contribution in [0, 0.1) is 0 Å². The van der Waals surface area contributed by atoms with E-state index in [4.69, 9.17) is 4.42 Å². The van der Waals surface area contributed by atoms with E-state index in [0.29, 0.717) is 6.04 Å². The minimum Gasteiger partial charge on any atom is -0.472 e. The Morgan fingerprint density at radius 3 is 2.90 bits per heavy atom. The summed E-state index contributed by atoms with van der Waals surface area (Å²) in [5.74, 6) is 0. The molecule has 0 amide bonds. The van der Waals surface area contributed by atoms with Crippen LogP contribution in [0.3, 0.4) is 0 Å². The van der Waals surface area contributed by atoms with Gasteiger partial charge in [-0.05, 0) is 61.4 Å². The summed E-state index contributed by atoms with van der Waals surface area (Å²) in [7, 11) is 0. The molecule has 2 aromatic rings. The molecule has 0 saturated carbocycles. The number of aryl methyl sites for hydroxylation is 2. The lowest BCUT2D eigenvalue weighted by Crippen LogP contribution is -2.23. The number of fused-ring (bicyclic) bond motifs is 1. The highest BCUT2D eigenvalue weighted by Crippen LogP contribution is 2.25. The number of rotatable bonds is 6. The summed E-state index contributed by atoms with van der Waals surface area (Å²) in [4.78, 5) is 0. The van der Waals surface area contributed by atoms with Crippen molar-refractivity contribution in [2.75, 3.05) is 6.54 Å². The van der Waals surface area contributed by atoms with E-state index in [9.17, 15) is 0 Å². The Bertz CT molecular complexity index is 545. The molecule has 0 saturated heterocycles. The summed E-state index contributed by atoms with van der Waals surface area (Å²) in [6.45, 7) is 3.25. The molecule has 0 bridgehead atoms. The molecule has 1 unspecified atom stereocenters. The SMILES string of the molecule is CCCNC(Cc1ccc2c(c1)CCC2)c1ccoc1. The smallest absolute Gasteiger partial charge is 0.0950 e. The molecule has 0 aliphatic heterocycles. The minimum atomic E-state index is 0.355. The van der Waals surface area contributed by atoms with Crippen molar-refractivity contribution < 1.29 is 4.42 Å². The van der Waals surface area contributed by atoms with Gasteiger partial charge in [0.1, 0.15) is 0 Å². The molecule has 2 nitrogen and oxygen atoms in total. The van der Waals surface area contributed by atoms with Gasteiger partial charge in [-0.1, -0.05) is 25.1 Å². The van der Waals surface area contributed by atoms with Crippen molar-refractivity contribution in [3.05, 3.63) is 59.0 Å². The van der Waals surface area contributed by atoms with Crippen LogP contribution in [-0.2, 0) is 19.3 Å². The Kier molecular flexibility index (Phi) is 4.22. The molecule has 1 atom stereocenters. The van der Waals surface area contributed by atoms with E-state index in [0.717, 1.165) is 19.4 Å². The molecule has 1 aromatic carbocycles. The van der Waals surface area contributed by atoms with Gasteiger partial charge in [0, 0.05) is 11.6 Å². The molecule has 20 heavy (non-hydrogen) atoms. The molecule has 3 rings (SSSR count). The second-order valence-corrected chi connectivity index (χ2v) is 5.72. The van der Waals surface area contributed by atoms with Crippen molar-refractivity contribution in [3.63, 3.8) is 0 Å². The van der Waals surface area contributed by atoms with Gasteiger partial charge in [0.2, 0.25) is 0 Å². The minimum absolute atomic E-state index is 0.355. The molecule has 1 aromatic heterocycles. The van der Waals surface area contributed by atoms with Crippen LogP contribution in [0.4, 0.5) is 0 Å². The average Bonchev–Trinajstić information content (AvgIpc) is 3.13. The summed E-state index contributed by atoms with van der Waals surface area (Å²) in [5, 5.41) is 3.63. The molecular formula is C18H23NO. The fourth-order valence-electron chi connectivity index (χ4n) is 3.09. The summed E-state index contributed by atoms with van der Waals surface area (Å²) >= 11 is 0. The molecule has 106 valence electrons. The Labute approximate surface area is 121 Å². The quantitative estimate of drug-likeness (QED) is 0.855. The summed E-state index contributed by atoms with van der Waals surface area (Å²) < 4.78 is 5.25. The van der Waals surface area contributed by atoms with E-state index < -0.39 is 0 Å². The van der Waals surface area contributed by atoms with Gasteiger partial charge in [-0.25, -0.2) is 0 Å². The van der Waals surface area contributed by atoms with Crippen molar-refractivity contribution >= 4 is 0 Å². The van der Waals surface area contributed by atoms with Crippen molar-refractivity contribution in [3.8, 4) is 0 Å². The first-order valence-electron chi connectivity index (χ1n) is 7.73. The van der Waals surface area contributed by atoms with Crippen molar-refractivity contribution in [1.82, 2.24) is 5.32 Å². The van der Waals surface area contributed by atoms with E-state index in [2.05, 4.69) is 36.5 Å². The third kappa shape index (κ3) is 2.96. The Morgan fingerprint density at radius 1 is 1.20 bits per heavy atom. The highest BCUT2D eigenvalue weighted by Gasteiger charge is 2.15. The van der Waals surface area contributed by atoms with Gasteiger partial charge in [-0.3, -0.25) is 0 Å². The molecule has 1 aliphatic carbocycles. The molecule has 0 fully saturated rings. The van der Waals surface area contributed by atoms with Gasteiger partial charge in [0.05, 0.1) is 12.5 Å². The predicted molar refractivity (Wildman–Crippen MR) is 81.9 cm³/mol. The molecule has 0 radical (unpaired) electrons. The third-order valence-electron chi connectivity index (χ3n) is 4.19. The molecule has 1 aliphatic rings. The van der Waals surface area contributed by atoms with Crippen LogP contribution in [0.1, 0.15) is 48.1 Å². The second-order valence-electron chi connectivity index (χ2n) is 5.72. The topological polar surface area (TPSA) is 25.2 Å². The maximum Gasteiger partial charge on any atom is 0.0950 e. The third-order valence-corrected chi connectivity index (χ3v) is 4.19. The largest absolute Gasteiger partial charge is 0.472 e. The maximum atomic E-state index is 5.25. The summed E-state index contributed by atoms with van der Waals surface area (Å²) in [5.41, 5.74) is 5.79. The van der Waals surface area contributed by atoms with Crippen molar-refractivity contribution in [1.29, 1.82) is 0 Å². The lowest BCUT2D eigenvalue weighted by molar-refractivity contribution is 0.512.